The molecule has 1 heterocycles. The molecule has 0 radical (unpaired) electrons. The van der Waals surface area contributed by atoms with Gasteiger partial charge in [-0.2, -0.15) is 0 Å². The number of benzene rings is 1. The second-order valence-electron chi connectivity index (χ2n) is 5.22. The fourth-order valence-corrected chi connectivity index (χ4v) is 2.53. The van der Waals surface area contributed by atoms with Gasteiger partial charge in [-0.3, -0.25) is 0 Å². The van der Waals surface area contributed by atoms with E-state index in [0.717, 1.165) is 28.8 Å². The molecule has 2 aromatic rings. The molecule has 1 atom stereocenters. The van der Waals surface area contributed by atoms with Crippen molar-refractivity contribution >= 4 is 27.3 Å². The van der Waals surface area contributed by atoms with Crippen LogP contribution < -0.4 is 10.2 Å². The number of aryl methyl sites for hydroxylation is 1. The molecule has 108 valence electrons. The fourth-order valence-electron chi connectivity index (χ4n) is 2.17. The first kappa shape index (κ1) is 15.0. The highest BCUT2D eigenvalue weighted by atomic mass is 79.9. The standard InChI is InChI=1S/C16H21BrN2O/c1-12(6-8-14-5-4-10-20-14)18-15-11-13(17)7-9-16(15)19(2)3/h4-5,7,9-12,18H,6,8H2,1-3H3. The van der Waals surface area contributed by atoms with Gasteiger partial charge in [0.2, 0.25) is 0 Å². The average molecular weight is 337 g/mol. The molecule has 4 heteroatoms. The number of furan rings is 1. The van der Waals surface area contributed by atoms with Crippen LogP contribution in [0.25, 0.3) is 0 Å². The Morgan fingerprint density at radius 3 is 2.75 bits per heavy atom. The van der Waals surface area contributed by atoms with Crippen LogP contribution >= 0.6 is 15.9 Å². The molecular weight excluding hydrogens is 316 g/mol. The monoisotopic (exact) mass is 336 g/mol. The maximum Gasteiger partial charge on any atom is 0.103 e. The number of nitrogens with zero attached hydrogens (tertiary/aromatic N) is 1. The van der Waals surface area contributed by atoms with E-state index in [-0.39, 0.29) is 0 Å². The summed E-state index contributed by atoms with van der Waals surface area (Å²) in [6.07, 6.45) is 3.71. The predicted molar refractivity (Wildman–Crippen MR) is 88.6 cm³/mol. The van der Waals surface area contributed by atoms with Gasteiger partial charge in [-0.05, 0) is 43.7 Å². The minimum atomic E-state index is 0.382. The van der Waals surface area contributed by atoms with Crippen molar-refractivity contribution in [3.8, 4) is 0 Å². The van der Waals surface area contributed by atoms with Crippen molar-refractivity contribution in [2.24, 2.45) is 0 Å². The maximum atomic E-state index is 5.37. The summed E-state index contributed by atoms with van der Waals surface area (Å²) < 4.78 is 6.46. The van der Waals surface area contributed by atoms with Crippen molar-refractivity contribution in [1.82, 2.24) is 0 Å². The third-order valence-corrected chi connectivity index (χ3v) is 3.74. The number of rotatable bonds is 6. The molecule has 0 aliphatic carbocycles. The normalized spacial score (nSPS) is 12.2. The smallest absolute Gasteiger partial charge is 0.103 e. The molecule has 0 aliphatic rings. The SMILES string of the molecule is CC(CCc1ccco1)Nc1cc(Br)ccc1N(C)C. The molecule has 0 fully saturated rings. The number of anilines is 2. The van der Waals surface area contributed by atoms with E-state index in [0.29, 0.717) is 6.04 Å². The van der Waals surface area contributed by atoms with E-state index in [1.165, 1.54) is 5.69 Å². The van der Waals surface area contributed by atoms with Crippen molar-refractivity contribution in [2.45, 2.75) is 25.8 Å². The summed E-state index contributed by atoms with van der Waals surface area (Å²) in [4.78, 5) is 2.12. The van der Waals surface area contributed by atoms with Gasteiger partial charge in [0.1, 0.15) is 5.76 Å². The van der Waals surface area contributed by atoms with Crippen LogP contribution in [-0.2, 0) is 6.42 Å². The van der Waals surface area contributed by atoms with Crippen molar-refractivity contribution < 1.29 is 4.42 Å². The zero-order chi connectivity index (χ0) is 14.5. The molecule has 0 amide bonds. The Hall–Kier alpha value is -1.42. The summed E-state index contributed by atoms with van der Waals surface area (Å²) in [6.45, 7) is 2.20. The van der Waals surface area contributed by atoms with Gasteiger partial charge in [0.15, 0.2) is 0 Å². The average Bonchev–Trinajstić information content (AvgIpc) is 2.89. The van der Waals surface area contributed by atoms with Crippen LogP contribution in [-0.4, -0.2) is 20.1 Å². The predicted octanol–water partition coefficient (Wildman–Crippen LogP) is 4.54. The molecule has 0 saturated heterocycles. The zero-order valence-electron chi connectivity index (χ0n) is 12.2. The van der Waals surface area contributed by atoms with Gasteiger partial charge in [-0.1, -0.05) is 15.9 Å². The van der Waals surface area contributed by atoms with E-state index in [9.17, 15) is 0 Å². The van der Waals surface area contributed by atoms with Crippen LogP contribution in [0.4, 0.5) is 11.4 Å². The summed E-state index contributed by atoms with van der Waals surface area (Å²) in [7, 11) is 4.11. The van der Waals surface area contributed by atoms with Gasteiger partial charge in [-0.15, -0.1) is 0 Å². The third kappa shape index (κ3) is 4.04. The van der Waals surface area contributed by atoms with Crippen molar-refractivity contribution in [3.63, 3.8) is 0 Å². The van der Waals surface area contributed by atoms with E-state index < -0.39 is 0 Å². The van der Waals surface area contributed by atoms with Crippen LogP contribution in [0.1, 0.15) is 19.1 Å². The molecule has 20 heavy (non-hydrogen) atoms. The van der Waals surface area contributed by atoms with E-state index in [4.69, 9.17) is 4.42 Å². The molecule has 1 aromatic heterocycles. The summed E-state index contributed by atoms with van der Waals surface area (Å²) in [5, 5.41) is 3.58. The lowest BCUT2D eigenvalue weighted by Gasteiger charge is -2.22. The van der Waals surface area contributed by atoms with Gasteiger partial charge in [-0.25, -0.2) is 0 Å². The van der Waals surface area contributed by atoms with Gasteiger partial charge >= 0.3 is 0 Å². The molecule has 0 saturated carbocycles. The Balaban J connectivity index is 1.99. The highest BCUT2D eigenvalue weighted by molar-refractivity contribution is 9.10. The zero-order valence-corrected chi connectivity index (χ0v) is 13.8. The van der Waals surface area contributed by atoms with Gasteiger partial charge in [0.05, 0.1) is 17.6 Å². The van der Waals surface area contributed by atoms with E-state index in [1.54, 1.807) is 6.26 Å². The molecule has 3 nitrogen and oxygen atoms in total. The molecule has 0 aliphatic heterocycles. The lowest BCUT2D eigenvalue weighted by molar-refractivity contribution is 0.495. The van der Waals surface area contributed by atoms with Crippen molar-refractivity contribution in [2.75, 3.05) is 24.3 Å². The van der Waals surface area contributed by atoms with Crippen LogP contribution in [0.3, 0.4) is 0 Å². The molecule has 2 rings (SSSR count). The highest BCUT2D eigenvalue weighted by Crippen LogP contribution is 2.29. The van der Waals surface area contributed by atoms with Gasteiger partial charge in [0, 0.05) is 31.0 Å². The Kier molecular flexibility index (Phi) is 5.12. The second kappa shape index (κ2) is 6.84. The molecular formula is C16H21BrN2O. The molecule has 0 spiro atoms. The van der Waals surface area contributed by atoms with Crippen molar-refractivity contribution in [3.05, 3.63) is 46.8 Å². The van der Waals surface area contributed by atoms with Crippen LogP contribution in [0.5, 0.6) is 0 Å². The van der Waals surface area contributed by atoms with E-state index >= 15 is 0 Å². The molecule has 1 N–H and O–H groups in total. The Morgan fingerprint density at radius 2 is 2.10 bits per heavy atom. The summed E-state index contributed by atoms with van der Waals surface area (Å²) in [6, 6.07) is 10.6. The quantitative estimate of drug-likeness (QED) is 0.839. The number of hydrogen-bond donors (Lipinski definition) is 1. The topological polar surface area (TPSA) is 28.4 Å². The Morgan fingerprint density at radius 1 is 1.30 bits per heavy atom. The Labute approximate surface area is 129 Å². The summed E-state index contributed by atoms with van der Waals surface area (Å²) >= 11 is 3.53. The fraction of sp³-hybridized carbons (Fsp3) is 0.375. The minimum Gasteiger partial charge on any atom is -0.469 e. The van der Waals surface area contributed by atoms with Gasteiger partial charge in [0.25, 0.3) is 0 Å². The minimum absolute atomic E-state index is 0.382. The highest BCUT2D eigenvalue weighted by Gasteiger charge is 2.09. The van der Waals surface area contributed by atoms with Crippen molar-refractivity contribution in [1.29, 1.82) is 0 Å². The lowest BCUT2D eigenvalue weighted by Crippen LogP contribution is -2.19. The molecule has 1 unspecified atom stereocenters. The first-order valence-corrected chi connectivity index (χ1v) is 7.61. The maximum absolute atomic E-state index is 5.37. The van der Waals surface area contributed by atoms with Crippen LogP contribution in [0, 0.1) is 0 Å². The summed E-state index contributed by atoms with van der Waals surface area (Å²) in [5.74, 6) is 1.04. The van der Waals surface area contributed by atoms with Crippen LogP contribution in [0.2, 0.25) is 0 Å². The second-order valence-corrected chi connectivity index (χ2v) is 6.13. The van der Waals surface area contributed by atoms with Gasteiger partial charge < -0.3 is 14.6 Å². The third-order valence-electron chi connectivity index (χ3n) is 3.25. The molecule has 0 bridgehead atoms. The molecule has 1 aromatic carbocycles. The number of nitrogens with one attached hydrogen (secondary N) is 1. The first-order chi connectivity index (χ1) is 9.56. The largest absolute Gasteiger partial charge is 0.469 e. The summed E-state index contributed by atoms with van der Waals surface area (Å²) in [5.41, 5.74) is 2.34. The van der Waals surface area contributed by atoms with Crippen LogP contribution in [0.15, 0.2) is 45.5 Å². The van der Waals surface area contributed by atoms with E-state index in [2.05, 4.69) is 65.4 Å². The lowest BCUT2D eigenvalue weighted by atomic mass is 10.1. The Bertz CT molecular complexity index is 537. The number of halogens is 1. The number of hydrogen-bond acceptors (Lipinski definition) is 3. The first-order valence-electron chi connectivity index (χ1n) is 6.82. The van der Waals surface area contributed by atoms with E-state index in [1.807, 2.05) is 12.1 Å².